The summed E-state index contributed by atoms with van der Waals surface area (Å²) in [5.74, 6) is -0.240. The summed E-state index contributed by atoms with van der Waals surface area (Å²) in [6.07, 6.45) is 3.01. The van der Waals surface area contributed by atoms with E-state index in [1.807, 2.05) is 6.07 Å². The number of hydrogen-bond donors (Lipinski definition) is 2. The number of anilines is 1. The van der Waals surface area contributed by atoms with Gasteiger partial charge >= 0.3 is 0 Å². The first kappa shape index (κ1) is 21.7. The topological polar surface area (TPSA) is 58.2 Å². The number of rotatable bonds is 8. The van der Waals surface area contributed by atoms with E-state index in [0.717, 1.165) is 18.4 Å². The third kappa shape index (κ3) is 6.52. The highest BCUT2D eigenvalue weighted by Gasteiger charge is 2.14. The van der Waals surface area contributed by atoms with E-state index in [0.29, 0.717) is 30.6 Å². The maximum absolute atomic E-state index is 12.4. The molecule has 28 heavy (non-hydrogen) atoms. The highest BCUT2D eigenvalue weighted by atomic mass is 16.2. The minimum Gasteiger partial charge on any atom is -0.352 e. The summed E-state index contributed by atoms with van der Waals surface area (Å²) in [5.41, 5.74) is 3.60. The summed E-state index contributed by atoms with van der Waals surface area (Å²) in [7, 11) is 0. The van der Waals surface area contributed by atoms with Gasteiger partial charge in [0.1, 0.15) is 0 Å². The second-order valence-corrected chi connectivity index (χ2v) is 8.15. The van der Waals surface area contributed by atoms with Gasteiger partial charge in [-0.2, -0.15) is 0 Å². The fourth-order valence-electron chi connectivity index (χ4n) is 2.91. The SMILES string of the molecule is CCCCNC(=O)c1ccccc1NC(=O)CCc1ccc(C(C)(C)C)cc1. The first-order chi connectivity index (χ1) is 13.3. The number of para-hydroxylation sites is 1. The van der Waals surface area contributed by atoms with Gasteiger partial charge in [-0.15, -0.1) is 0 Å². The van der Waals surface area contributed by atoms with E-state index in [2.05, 4.69) is 62.6 Å². The van der Waals surface area contributed by atoms with Crippen LogP contribution in [-0.4, -0.2) is 18.4 Å². The fourth-order valence-corrected chi connectivity index (χ4v) is 2.91. The number of nitrogens with one attached hydrogen (secondary N) is 2. The second kappa shape index (κ2) is 10.1. The van der Waals surface area contributed by atoms with E-state index in [9.17, 15) is 9.59 Å². The van der Waals surface area contributed by atoms with Gasteiger partial charge in [0, 0.05) is 13.0 Å². The quantitative estimate of drug-likeness (QED) is 0.627. The lowest BCUT2D eigenvalue weighted by atomic mass is 9.86. The van der Waals surface area contributed by atoms with Crippen molar-refractivity contribution in [3.63, 3.8) is 0 Å². The van der Waals surface area contributed by atoms with E-state index >= 15 is 0 Å². The zero-order valence-electron chi connectivity index (χ0n) is 17.5. The predicted octanol–water partition coefficient (Wildman–Crippen LogP) is 5.09. The van der Waals surface area contributed by atoms with E-state index in [1.165, 1.54) is 5.56 Å². The smallest absolute Gasteiger partial charge is 0.253 e. The minimum absolute atomic E-state index is 0.0892. The Morgan fingerprint density at radius 1 is 0.964 bits per heavy atom. The first-order valence-electron chi connectivity index (χ1n) is 10.1. The molecule has 4 nitrogen and oxygen atoms in total. The number of unbranched alkanes of at least 4 members (excludes halogenated alkanes) is 1. The number of carbonyl (C=O) groups excluding carboxylic acids is 2. The maximum atomic E-state index is 12.4. The van der Waals surface area contributed by atoms with Gasteiger partial charge < -0.3 is 10.6 Å². The van der Waals surface area contributed by atoms with Gasteiger partial charge in [0.2, 0.25) is 5.91 Å². The molecule has 0 spiro atoms. The van der Waals surface area contributed by atoms with Crippen LogP contribution in [0.25, 0.3) is 0 Å². The summed E-state index contributed by atoms with van der Waals surface area (Å²) in [6.45, 7) is 9.28. The average Bonchev–Trinajstić information content (AvgIpc) is 2.66. The number of benzene rings is 2. The van der Waals surface area contributed by atoms with Gasteiger partial charge in [0.25, 0.3) is 5.91 Å². The maximum Gasteiger partial charge on any atom is 0.253 e. The van der Waals surface area contributed by atoms with E-state index in [4.69, 9.17) is 0 Å². The molecule has 0 aliphatic rings. The average molecular weight is 381 g/mol. The van der Waals surface area contributed by atoms with Crippen molar-refractivity contribution < 1.29 is 9.59 Å². The summed E-state index contributed by atoms with van der Waals surface area (Å²) in [6, 6.07) is 15.6. The van der Waals surface area contributed by atoms with Crippen molar-refractivity contribution in [2.24, 2.45) is 0 Å². The van der Waals surface area contributed by atoms with Crippen LogP contribution in [0.5, 0.6) is 0 Å². The predicted molar refractivity (Wildman–Crippen MR) is 116 cm³/mol. The molecule has 2 aromatic rings. The van der Waals surface area contributed by atoms with E-state index in [1.54, 1.807) is 18.2 Å². The molecule has 0 saturated carbocycles. The summed E-state index contributed by atoms with van der Waals surface area (Å²) >= 11 is 0. The number of hydrogen-bond acceptors (Lipinski definition) is 2. The van der Waals surface area contributed by atoms with Crippen molar-refractivity contribution in [2.75, 3.05) is 11.9 Å². The van der Waals surface area contributed by atoms with Crippen LogP contribution >= 0.6 is 0 Å². The monoisotopic (exact) mass is 380 g/mol. The van der Waals surface area contributed by atoms with Crippen LogP contribution in [0, 0.1) is 0 Å². The third-order valence-electron chi connectivity index (χ3n) is 4.72. The molecular weight excluding hydrogens is 348 g/mol. The van der Waals surface area contributed by atoms with Crippen molar-refractivity contribution in [2.45, 2.75) is 58.8 Å². The lowest BCUT2D eigenvalue weighted by Crippen LogP contribution is -2.26. The van der Waals surface area contributed by atoms with Gasteiger partial charge in [0.05, 0.1) is 11.3 Å². The molecule has 0 saturated heterocycles. The lowest BCUT2D eigenvalue weighted by molar-refractivity contribution is -0.116. The summed E-state index contributed by atoms with van der Waals surface area (Å²) < 4.78 is 0. The molecule has 2 rings (SSSR count). The van der Waals surface area contributed by atoms with Crippen LogP contribution in [0.2, 0.25) is 0 Å². The first-order valence-corrected chi connectivity index (χ1v) is 10.1. The molecular formula is C24H32N2O2. The Morgan fingerprint density at radius 3 is 2.29 bits per heavy atom. The van der Waals surface area contributed by atoms with Crippen molar-refractivity contribution in [1.82, 2.24) is 5.32 Å². The molecule has 2 aromatic carbocycles. The molecule has 4 heteroatoms. The molecule has 0 radical (unpaired) electrons. The van der Waals surface area contributed by atoms with Gasteiger partial charge in [-0.05, 0) is 41.5 Å². The zero-order valence-corrected chi connectivity index (χ0v) is 17.5. The van der Waals surface area contributed by atoms with Crippen molar-refractivity contribution in [1.29, 1.82) is 0 Å². The molecule has 0 aromatic heterocycles. The van der Waals surface area contributed by atoms with Crippen molar-refractivity contribution >= 4 is 17.5 Å². The van der Waals surface area contributed by atoms with Crippen molar-refractivity contribution in [3.8, 4) is 0 Å². The highest BCUT2D eigenvalue weighted by Crippen LogP contribution is 2.22. The Hall–Kier alpha value is -2.62. The summed E-state index contributed by atoms with van der Waals surface area (Å²) in [4.78, 5) is 24.8. The van der Waals surface area contributed by atoms with Crippen LogP contribution in [0.15, 0.2) is 48.5 Å². The van der Waals surface area contributed by atoms with Gasteiger partial charge in [-0.1, -0.05) is 70.5 Å². The minimum atomic E-state index is -0.151. The van der Waals surface area contributed by atoms with E-state index in [-0.39, 0.29) is 17.2 Å². The van der Waals surface area contributed by atoms with Crippen LogP contribution < -0.4 is 10.6 Å². The van der Waals surface area contributed by atoms with Crippen LogP contribution in [0.3, 0.4) is 0 Å². The molecule has 2 amide bonds. The molecule has 150 valence electrons. The lowest BCUT2D eigenvalue weighted by Gasteiger charge is -2.19. The summed E-state index contributed by atoms with van der Waals surface area (Å²) in [5, 5.41) is 5.79. The van der Waals surface area contributed by atoms with E-state index < -0.39 is 0 Å². The van der Waals surface area contributed by atoms with Crippen molar-refractivity contribution in [3.05, 3.63) is 65.2 Å². The van der Waals surface area contributed by atoms with Gasteiger partial charge in [-0.25, -0.2) is 0 Å². The number of carbonyl (C=O) groups is 2. The Kier molecular flexibility index (Phi) is 7.80. The molecule has 0 heterocycles. The molecule has 0 bridgehead atoms. The van der Waals surface area contributed by atoms with Crippen LogP contribution in [0.4, 0.5) is 5.69 Å². The number of amides is 2. The molecule has 0 aliphatic carbocycles. The zero-order chi connectivity index (χ0) is 20.6. The molecule has 0 unspecified atom stereocenters. The largest absolute Gasteiger partial charge is 0.352 e. The Bertz CT molecular complexity index is 789. The molecule has 0 aliphatic heterocycles. The Labute approximate surface area is 168 Å². The molecule has 0 fully saturated rings. The Morgan fingerprint density at radius 2 is 1.64 bits per heavy atom. The fraction of sp³-hybridized carbons (Fsp3) is 0.417. The van der Waals surface area contributed by atoms with Crippen LogP contribution in [-0.2, 0) is 16.6 Å². The second-order valence-electron chi connectivity index (χ2n) is 8.15. The molecule has 2 N–H and O–H groups in total. The normalized spacial score (nSPS) is 11.1. The molecule has 0 atom stereocenters. The van der Waals surface area contributed by atoms with Gasteiger partial charge in [-0.3, -0.25) is 9.59 Å². The third-order valence-corrected chi connectivity index (χ3v) is 4.72. The Balaban J connectivity index is 1.93. The standard InChI is InChI=1S/C24H32N2O2/c1-5-6-17-25-23(28)20-9-7-8-10-21(20)26-22(27)16-13-18-11-14-19(15-12-18)24(2,3)4/h7-12,14-15H,5-6,13,16-17H2,1-4H3,(H,25,28)(H,26,27). The number of aryl methyl sites for hydroxylation is 1. The highest BCUT2D eigenvalue weighted by molar-refractivity contribution is 6.03. The van der Waals surface area contributed by atoms with Crippen LogP contribution in [0.1, 0.15) is 68.4 Å². The van der Waals surface area contributed by atoms with Gasteiger partial charge in [0.15, 0.2) is 0 Å².